The minimum Gasteiger partial charge on any atom is -0.491 e. The highest BCUT2D eigenvalue weighted by molar-refractivity contribution is 9.10. The van der Waals surface area contributed by atoms with Crippen LogP contribution >= 0.6 is 27.3 Å². The van der Waals surface area contributed by atoms with Crippen molar-refractivity contribution >= 4 is 39.3 Å². The summed E-state index contributed by atoms with van der Waals surface area (Å²) < 4.78 is 20.6. The second-order valence-electron chi connectivity index (χ2n) is 9.96. The van der Waals surface area contributed by atoms with Gasteiger partial charge in [0.25, 0.3) is 5.56 Å². The van der Waals surface area contributed by atoms with Crippen molar-refractivity contribution in [2.75, 3.05) is 6.61 Å². The van der Waals surface area contributed by atoms with Crippen LogP contribution < -0.4 is 24.4 Å². The Morgan fingerprint density at radius 3 is 2.55 bits per heavy atom. The highest BCUT2D eigenvalue weighted by Crippen LogP contribution is 2.36. The number of hydrogen-bond donors (Lipinski definition) is 0. The van der Waals surface area contributed by atoms with Crippen molar-refractivity contribution in [1.29, 1.82) is 0 Å². The summed E-state index contributed by atoms with van der Waals surface area (Å²) in [7, 11) is 0. The minimum absolute atomic E-state index is 0.107. The molecular formula is C33H31BrN2O5S. The lowest BCUT2D eigenvalue weighted by Gasteiger charge is -2.26. The van der Waals surface area contributed by atoms with Gasteiger partial charge in [-0.05, 0) is 63.6 Å². The Balaban J connectivity index is 1.66. The van der Waals surface area contributed by atoms with Crippen LogP contribution in [0.3, 0.4) is 0 Å². The van der Waals surface area contributed by atoms with Crippen molar-refractivity contribution in [2.24, 2.45) is 4.99 Å². The van der Waals surface area contributed by atoms with E-state index in [0.29, 0.717) is 44.3 Å². The van der Waals surface area contributed by atoms with E-state index in [1.165, 1.54) is 11.3 Å². The normalized spacial score (nSPS) is 14.9. The van der Waals surface area contributed by atoms with Crippen LogP contribution in [0.25, 0.3) is 6.08 Å². The number of allylic oxidation sites excluding steroid dienone is 1. The van der Waals surface area contributed by atoms with E-state index in [0.717, 1.165) is 15.6 Å². The molecule has 0 unspecified atom stereocenters. The number of fused-ring (bicyclic) bond motifs is 1. The van der Waals surface area contributed by atoms with E-state index in [2.05, 4.69) is 15.9 Å². The van der Waals surface area contributed by atoms with Gasteiger partial charge in [-0.1, -0.05) is 75.8 Å². The van der Waals surface area contributed by atoms with Gasteiger partial charge in [-0.15, -0.1) is 0 Å². The number of aromatic nitrogens is 1. The van der Waals surface area contributed by atoms with Gasteiger partial charge in [-0.2, -0.15) is 0 Å². The zero-order valence-corrected chi connectivity index (χ0v) is 26.2. The smallest absolute Gasteiger partial charge is 0.338 e. The summed E-state index contributed by atoms with van der Waals surface area (Å²) in [5.41, 5.74) is 3.00. The molecule has 1 aliphatic rings. The van der Waals surface area contributed by atoms with E-state index < -0.39 is 12.0 Å². The number of esters is 1. The van der Waals surface area contributed by atoms with Gasteiger partial charge in [0, 0.05) is 15.6 Å². The lowest BCUT2D eigenvalue weighted by Crippen LogP contribution is -2.40. The predicted molar refractivity (Wildman–Crippen MR) is 168 cm³/mol. The average Bonchev–Trinajstić information content (AvgIpc) is 3.26. The van der Waals surface area contributed by atoms with Gasteiger partial charge in [0.05, 0.1) is 28.5 Å². The van der Waals surface area contributed by atoms with E-state index >= 15 is 0 Å². The zero-order chi connectivity index (χ0) is 29.8. The van der Waals surface area contributed by atoms with Crippen molar-refractivity contribution in [3.8, 4) is 11.5 Å². The summed E-state index contributed by atoms with van der Waals surface area (Å²) in [4.78, 5) is 32.6. The second kappa shape index (κ2) is 12.9. The summed E-state index contributed by atoms with van der Waals surface area (Å²) in [5, 5.41) is 0. The standard InChI is InChI=1S/C33H31BrN2O5S/c1-5-39-32(38)29-21(4)35-33-36(30(29)25-13-9-10-14-27(25)41-20(2)3)31(37)28(42-33)18-23-17-24(34)15-16-26(23)40-19-22-11-7-6-8-12-22/h6-18,20,30H,5,19H2,1-4H3/b28-18+/t30-/m1/s1. The summed E-state index contributed by atoms with van der Waals surface area (Å²) in [6.45, 7) is 7.98. The van der Waals surface area contributed by atoms with Crippen molar-refractivity contribution in [3.05, 3.63) is 125 Å². The molecule has 0 spiro atoms. The van der Waals surface area contributed by atoms with Crippen molar-refractivity contribution in [1.82, 2.24) is 4.57 Å². The fraction of sp³-hybridized carbons (Fsp3) is 0.242. The van der Waals surface area contributed by atoms with Gasteiger partial charge in [-0.3, -0.25) is 9.36 Å². The molecule has 0 radical (unpaired) electrons. The molecule has 3 aromatic carbocycles. The Hall–Kier alpha value is -3.95. The van der Waals surface area contributed by atoms with E-state index in [1.54, 1.807) is 18.4 Å². The first kappa shape index (κ1) is 29.5. The Morgan fingerprint density at radius 1 is 1.07 bits per heavy atom. The third kappa shape index (κ3) is 6.27. The number of nitrogens with zero attached hydrogens (tertiary/aromatic N) is 2. The number of hydrogen-bond acceptors (Lipinski definition) is 7. The van der Waals surface area contributed by atoms with Gasteiger partial charge >= 0.3 is 5.97 Å². The van der Waals surface area contributed by atoms with Crippen LogP contribution in [0, 0.1) is 0 Å². The lowest BCUT2D eigenvalue weighted by atomic mass is 9.95. The van der Waals surface area contributed by atoms with Crippen LogP contribution in [0.5, 0.6) is 11.5 Å². The molecular weight excluding hydrogens is 616 g/mol. The molecule has 0 saturated heterocycles. The van der Waals surface area contributed by atoms with Gasteiger partial charge in [0.2, 0.25) is 0 Å². The number of thiazole rings is 1. The van der Waals surface area contributed by atoms with Gasteiger partial charge in [0.15, 0.2) is 4.80 Å². The highest BCUT2D eigenvalue weighted by Gasteiger charge is 2.35. The fourth-order valence-corrected chi connectivity index (χ4v) is 6.21. The van der Waals surface area contributed by atoms with Crippen LogP contribution in [-0.4, -0.2) is 23.2 Å². The first-order valence-corrected chi connectivity index (χ1v) is 15.3. The summed E-state index contributed by atoms with van der Waals surface area (Å²) in [5.74, 6) is 0.719. The molecule has 0 fully saturated rings. The molecule has 0 bridgehead atoms. The third-order valence-electron chi connectivity index (χ3n) is 6.59. The Kier molecular flexibility index (Phi) is 9.09. The van der Waals surface area contributed by atoms with Crippen LogP contribution in [-0.2, 0) is 16.1 Å². The van der Waals surface area contributed by atoms with E-state index in [1.807, 2.05) is 92.7 Å². The van der Waals surface area contributed by atoms with Crippen molar-refractivity contribution < 1.29 is 19.0 Å². The molecule has 0 amide bonds. The number of ether oxygens (including phenoxy) is 3. The van der Waals surface area contributed by atoms with Crippen LogP contribution in [0.15, 0.2) is 98.3 Å². The lowest BCUT2D eigenvalue weighted by molar-refractivity contribution is -0.139. The van der Waals surface area contributed by atoms with E-state index in [4.69, 9.17) is 19.2 Å². The maximum Gasteiger partial charge on any atom is 0.338 e. The van der Waals surface area contributed by atoms with Gasteiger partial charge in [0.1, 0.15) is 24.1 Å². The largest absolute Gasteiger partial charge is 0.491 e. The van der Waals surface area contributed by atoms with Crippen molar-refractivity contribution in [2.45, 2.75) is 46.4 Å². The molecule has 9 heteroatoms. The SMILES string of the molecule is CCOC(=O)C1=C(C)N=c2s/c(=C/c3cc(Br)ccc3OCc3ccccc3)c(=O)n2[C@@H]1c1ccccc1OC(C)C. The zero-order valence-electron chi connectivity index (χ0n) is 23.8. The molecule has 42 heavy (non-hydrogen) atoms. The predicted octanol–water partition coefficient (Wildman–Crippen LogP) is 5.93. The maximum atomic E-state index is 14.2. The number of carbonyl (C=O) groups is 1. The van der Waals surface area contributed by atoms with Gasteiger partial charge in [-0.25, -0.2) is 9.79 Å². The maximum absolute atomic E-state index is 14.2. The summed E-state index contributed by atoms with van der Waals surface area (Å²) >= 11 is 4.81. The second-order valence-corrected chi connectivity index (χ2v) is 11.9. The molecule has 1 aromatic heterocycles. The molecule has 5 rings (SSSR count). The molecule has 0 saturated carbocycles. The quantitative estimate of drug-likeness (QED) is 0.211. The number of para-hydroxylation sites is 1. The molecule has 0 N–H and O–H groups in total. The third-order valence-corrected chi connectivity index (χ3v) is 8.07. The molecule has 0 aliphatic carbocycles. The summed E-state index contributed by atoms with van der Waals surface area (Å²) in [6, 6.07) is 22.3. The van der Waals surface area contributed by atoms with E-state index in [9.17, 15) is 9.59 Å². The molecule has 1 atom stereocenters. The number of rotatable bonds is 9. The fourth-order valence-electron chi connectivity index (χ4n) is 4.79. The Morgan fingerprint density at radius 2 is 1.81 bits per heavy atom. The molecule has 1 aliphatic heterocycles. The minimum atomic E-state index is -0.770. The highest BCUT2D eigenvalue weighted by atomic mass is 79.9. The Bertz CT molecular complexity index is 1830. The Labute approximate surface area is 256 Å². The number of halogens is 1. The molecule has 7 nitrogen and oxygen atoms in total. The average molecular weight is 648 g/mol. The van der Waals surface area contributed by atoms with E-state index in [-0.39, 0.29) is 18.3 Å². The monoisotopic (exact) mass is 646 g/mol. The van der Waals surface area contributed by atoms with Crippen molar-refractivity contribution in [3.63, 3.8) is 0 Å². The number of benzene rings is 3. The molecule has 4 aromatic rings. The first-order chi connectivity index (χ1) is 20.3. The molecule has 2 heterocycles. The topological polar surface area (TPSA) is 79.1 Å². The first-order valence-electron chi connectivity index (χ1n) is 13.7. The van der Waals surface area contributed by atoms with Crippen LogP contribution in [0.4, 0.5) is 0 Å². The van der Waals surface area contributed by atoms with Crippen LogP contribution in [0.2, 0.25) is 0 Å². The summed E-state index contributed by atoms with van der Waals surface area (Å²) in [6.07, 6.45) is 1.70. The number of carbonyl (C=O) groups excluding carboxylic acids is 1. The van der Waals surface area contributed by atoms with Crippen LogP contribution in [0.1, 0.15) is 50.4 Å². The molecule has 216 valence electrons. The van der Waals surface area contributed by atoms with Gasteiger partial charge < -0.3 is 14.2 Å².